The van der Waals surface area contributed by atoms with Crippen LogP contribution in [0.5, 0.6) is 0 Å². The molecular weight excluding hydrogens is 154 g/mol. The smallest absolute Gasteiger partial charge is 0.0730 e. The van der Waals surface area contributed by atoms with Gasteiger partial charge in [-0.3, -0.25) is 0 Å². The molecule has 1 fully saturated rings. The van der Waals surface area contributed by atoms with Gasteiger partial charge in [-0.2, -0.15) is 0 Å². The van der Waals surface area contributed by atoms with Crippen LogP contribution in [0.4, 0.5) is 0 Å². The first kappa shape index (κ1) is 8.98. The van der Waals surface area contributed by atoms with Crippen molar-refractivity contribution in [2.45, 2.75) is 34.1 Å². The van der Waals surface area contributed by atoms with Crippen LogP contribution >= 0.6 is 12.2 Å². The van der Waals surface area contributed by atoms with Gasteiger partial charge in [-0.15, -0.1) is 0 Å². The molecule has 0 aromatic carbocycles. The molecule has 1 rings (SSSR count). The van der Waals surface area contributed by atoms with E-state index in [1.807, 2.05) is 0 Å². The van der Waals surface area contributed by atoms with Crippen molar-refractivity contribution in [1.29, 1.82) is 0 Å². The molecule has 0 radical (unpaired) electrons. The fourth-order valence-electron chi connectivity index (χ4n) is 2.04. The summed E-state index contributed by atoms with van der Waals surface area (Å²) >= 11 is 4.89. The Morgan fingerprint density at radius 3 is 1.73 bits per heavy atom. The molecule has 2 heteroatoms. The Kier molecular flexibility index (Phi) is 1.79. The molecule has 0 saturated heterocycles. The molecule has 0 bridgehead atoms. The summed E-state index contributed by atoms with van der Waals surface area (Å²) in [6.45, 7) is 9.15. The van der Waals surface area contributed by atoms with Crippen molar-refractivity contribution in [2.75, 3.05) is 0 Å². The lowest BCUT2D eigenvalue weighted by atomic mass is 10.0. The summed E-state index contributed by atoms with van der Waals surface area (Å²) in [4.78, 5) is 0.661. The van der Waals surface area contributed by atoms with Gasteiger partial charge in [0.15, 0.2) is 0 Å². The zero-order valence-corrected chi connectivity index (χ0v) is 8.59. The molecule has 0 heterocycles. The molecule has 1 aliphatic rings. The van der Waals surface area contributed by atoms with Crippen LogP contribution in [0.3, 0.4) is 0 Å². The molecule has 64 valence electrons. The molecule has 0 amide bonds. The zero-order chi connectivity index (χ0) is 8.86. The SMILES string of the molecule is CC1(C)C(CC(N)=S)C1(C)C. The maximum Gasteiger partial charge on any atom is 0.0730 e. The van der Waals surface area contributed by atoms with E-state index in [4.69, 9.17) is 18.0 Å². The summed E-state index contributed by atoms with van der Waals surface area (Å²) in [5.41, 5.74) is 6.36. The van der Waals surface area contributed by atoms with E-state index >= 15 is 0 Å². The molecular formula is C9H17NS. The van der Waals surface area contributed by atoms with E-state index in [0.717, 1.165) is 6.42 Å². The average molecular weight is 171 g/mol. The summed E-state index contributed by atoms with van der Waals surface area (Å²) in [5, 5.41) is 0. The third-order valence-corrected chi connectivity index (χ3v) is 3.89. The van der Waals surface area contributed by atoms with Crippen LogP contribution in [-0.4, -0.2) is 4.99 Å². The van der Waals surface area contributed by atoms with Crippen LogP contribution in [0.25, 0.3) is 0 Å². The lowest BCUT2D eigenvalue weighted by Gasteiger charge is -2.04. The molecule has 0 unspecified atom stereocenters. The van der Waals surface area contributed by atoms with Crippen LogP contribution in [0, 0.1) is 16.7 Å². The van der Waals surface area contributed by atoms with Crippen LogP contribution in [0.15, 0.2) is 0 Å². The Morgan fingerprint density at radius 2 is 1.64 bits per heavy atom. The monoisotopic (exact) mass is 171 g/mol. The molecule has 1 aliphatic carbocycles. The second kappa shape index (κ2) is 2.19. The molecule has 1 nitrogen and oxygen atoms in total. The first-order valence-corrected chi connectivity index (χ1v) is 4.49. The largest absolute Gasteiger partial charge is 0.393 e. The molecule has 1 saturated carbocycles. The van der Waals surface area contributed by atoms with Crippen LogP contribution in [-0.2, 0) is 0 Å². The van der Waals surface area contributed by atoms with Gasteiger partial charge >= 0.3 is 0 Å². The second-order valence-corrected chi connectivity index (χ2v) is 5.19. The lowest BCUT2D eigenvalue weighted by Crippen LogP contribution is -2.10. The van der Waals surface area contributed by atoms with Gasteiger partial charge in [-0.25, -0.2) is 0 Å². The Hall–Kier alpha value is -0.110. The maximum atomic E-state index is 5.51. The van der Waals surface area contributed by atoms with Gasteiger partial charge in [0, 0.05) is 6.42 Å². The van der Waals surface area contributed by atoms with Crippen molar-refractivity contribution in [3.8, 4) is 0 Å². The molecule has 0 aromatic rings. The van der Waals surface area contributed by atoms with Crippen molar-refractivity contribution in [3.05, 3.63) is 0 Å². The van der Waals surface area contributed by atoms with Crippen LogP contribution in [0.1, 0.15) is 34.1 Å². The highest BCUT2D eigenvalue weighted by Gasteiger charge is 2.64. The van der Waals surface area contributed by atoms with Gasteiger partial charge < -0.3 is 5.73 Å². The summed E-state index contributed by atoms with van der Waals surface area (Å²) in [5.74, 6) is 0.687. The number of hydrogen-bond donors (Lipinski definition) is 1. The van der Waals surface area contributed by atoms with Gasteiger partial charge in [0.2, 0.25) is 0 Å². The van der Waals surface area contributed by atoms with Crippen molar-refractivity contribution in [1.82, 2.24) is 0 Å². The normalized spacial score (nSPS) is 26.5. The van der Waals surface area contributed by atoms with E-state index < -0.39 is 0 Å². The summed E-state index contributed by atoms with van der Waals surface area (Å²) in [6, 6.07) is 0. The Morgan fingerprint density at radius 1 is 1.27 bits per heavy atom. The molecule has 11 heavy (non-hydrogen) atoms. The first-order chi connectivity index (χ1) is 4.80. The van der Waals surface area contributed by atoms with E-state index in [9.17, 15) is 0 Å². The molecule has 0 aromatic heterocycles. The number of thiocarbonyl (C=S) groups is 1. The maximum absolute atomic E-state index is 5.51. The Balaban J connectivity index is 2.61. The first-order valence-electron chi connectivity index (χ1n) is 4.08. The third kappa shape index (κ3) is 1.18. The molecule has 0 aliphatic heterocycles. The minimum atomic E-state index is 0.427. The number of hydrogen-bond acceptors (Lipinski definition) is 1. The summed E-state index contributed by atoms with van der Waals surface area (Å²) in [7, 11) is 0. The average Bonchev–Trinajstić information content (AvgIpc) is 2.11. The van der Waals surface area contributed by atoms with E-state index in [1.54, 1.807) is 0 Å². The van der Waals surface area contributed by atoms with E-state index in [-0.39, 0.29) is 0 Å². The van der Waals surface area contributed by atoms with Gasteiger partial charge in [0.1, 0.15) is 0 Å². The van der Waals surface area contributed by atoms with Gasteiger partial charge in [-0.05, 0) is 16.7 Å². The van der Waals surface area contributed by atoms with Gasteiger partial charge in [0.25, 0.3) is 0 Å². The molecule has 0 spiro atoms. The molecule has 2 N–H and O–H groups in total. The van der Waals surface area contributed by atoms with Gasteiger partial charge in [-0.1, -0.05) is 39.9 Å². The van der Waals surface area contributed by atoms with Crippen LogP contribution < -0.4 is 5.73 Å². The highest BCUT2D eigenvalue weighted by Crippen LogP contribution is 2.69. The fraction of sp³-hybridized carbons (Fsp3) is 0.889. The fourth-order valence-corrected chi connectivity index (χ4v) is 2.21. The summed E-state index contributed by atoms with van der Waals surface area (Å²) < 4.78 is 0. The quantitative estimate of drug-likeness (QED) is 0.645. The number of nitrogens with two attached hydrogens (primary N) is 1. The highest BCUT2D eigenvalue weighted by molar-refractivity contribution is 7.80. The van der Waals surface area contributed by atoms with E-state index in [0.29, 0.717) is 21.7 Å². The standard InChI is InChI=1S/C9H17NS/c1-8(2)6(5-7(10)11)9(8,3)4/h6H,5H2,1-4H3,(H2,10,11). The van der Waals surface area contributed by atoms with Crippen molar-refractivity contribution < 1.29 is 0 Å². The Labute approximate surface area is 74.4 Å². The second-order valence-electron chi connectivity index (χ2n) is 4.67. The zero-order valence-electron chi connectivity index (χ0n) is 7.77. The van der Waals surface area contributed by atoms with Crippen LogP contribution in [0.2, 0.25) is 0 Å². The highest BCUT2D eigenvalue weighted by atomic mass is 32.1. The van der Waals surface area contributed by atoms with Gasteiger partial charge in [0.05, 0.1) is 4.99 Å². The number of rotatable bonds is 2. The van der Waals surface area contributed by atoms with Crippen molar-refractivity contribution in [3.63, 3.8) is 0 Å². The predicted octanol–water partition coefficient (Wildman–Crippen LogP) is 2.34. The van der Waals surface area contributed by atoms with E-state index in [2.05, 4.69) is 27.7 Å². The third-order valence-electron chi connectivity index (χ3n) is 3.72. The van der Waals surface area contributed by atoms with Crippen molar-refractivity contribution >= 4 is 17.2 Å². The van der Waals surface area contributed by atoms with Crippen molar-refractivity contribution in [2.24, 2.45) is 22.5 Å². The topological polar surface area (TPSA) is 26.0 Å². The Bertz CT molecular complexity index is 180. The van der Waals surface area contributed by atoms with E-state index in [1.165, 1.54) is 0 Å². The molecule has 0 atom stereocenters. The predicted molar refractivity (Wildman–Crippen MR) is 52.5 cm³/mol. The lowest BCUT2D eigenvalue weighted by molar-refractivity contribution is 0.457. The minimum Gasteiger partial charge on any atom is -0.393 e. The minimum absolute atomic E-state index is 0.427. The summed E-state index contributed by atoms with van der Waals surface area (Å²) in [6.07, 6.45) is 0.912.